The van der Waals surface area contributed by atoms with E-state index < -0.39 is 0 Å². The Balaban J connectivity index is 1.15. The van der Waals surface area contributed by atoms with E-state index in [9.17, 15) is 0 Å². The third kappa shape index (κ3) is 5.42. The monoisotopic (exact) mass is 630 g/mol. The van der Waals surface area contributed by atoms with Gasteiger partial charge in [0.2, 0.25) is 0 Å². The largest absolute Gasteiger partial charge is 0.398 e. The van der Waals surface area contributed by atoms with Crippen molar-refractivity contribution in [2.45, 2.75) is 20.3 Å². The number of allylic oxidation sites excluding steroid dienone is 4. The summed E-state index contributed by atoms with van der Waals surface area (Å²) < 4.78 is 2.33. The van der Waals surface area contributed by atoms with Crippen LogP contribution >= 0.6 is 0 Å². The number of aryl methyl sites for hydroxylation is 1. The van der Waals surface area contributed by atoms with Gasteiger partial charge in [-0.3, -0.25) is 0 Å². The van der Waals surface area contributed by atoms with Crippen LogP contribution in [0.3, 0.4) is 0 Å². The van der Waals surface area contributed by atoms with Crippen LogP contribution in [0.4, 0.5) is 0 Å². The Hall–Kier alpha value is -6.12. The van der Waals surface area contributed by atoms with Crippen LogP contribution in [-0.4, -0.2) is 4.57 Å². The molecule has 0 fully saturated rings. The van der Waals surface area contributed by atoms with Gasteiger partial charge in [-0.25, -0.2) is 0 Å². The molecule has 8 aromatic rings. The standard InChI is InChI=1S/C47H38N2/c1-3-15-45-32(2)38-20-11-13-27-46(38)49(45)37-19-14-18-35(31-37)44(48)26-12-10-21-39-40-22-6-8-24-42(40)47(43-25-9-7-23-41(39)43)36-29-28-33-16-4-5-17-34(33)30-36/h3-20,22-31H,21,48H2,1-2H3/b12-10-,15-3-,44-26-. The normalized spacial score (nSPS) is 12.4. The molecule has 0 saturated carbocycles. The Morgan fingerprint density at radius 1 is 0.653 bits per heavy atom. The van der Waals surface area contributed by atoms with Crippen LogP contribution < -0.4 is 5.73 Å². The zero-order valence-corrected chi connectivity index (χ0v) is 27.9. The number of fused-ring (bicyclic) bond motifs is 4. The molecule has 2 heteroatoms. The molecule has 0 spiro atoms. The number of benzene rings is 7. The van der Waals surface area contributed by atoms with Gasteiger partial charge in [-0.1, -0.05) is 133 Å². The summed E-state index contributed by atoms with van der Waals surface area (Å²) in [7, 11) is 0. The molecule has 0 unspecified atom stereocenters. The lowest BCUT2D eigenvalue weighted by Gasteiger charge is -2.17. The Morgan fingerprint density at radius 2 is 1.31 bits per heavy atom. The average Bonchev–Trinajstić information content (AvgIpc) is 3.43. The predicted octanol–water partition coefficient (Wildman–Crippen LogP) is 12.2. The molecule has 1 aromatic heterocycles. The summed E-state index contributed by atoms with van der Waals surface area (Å²) in [6, 6.07) is 50.2. The Bertz CT molecular complexity index is 2550. The summed E-state index contributed by atoms with van der Waals surface area (Å²) in [5.74, 6) is 0. The fourth-order valence-electron chi connectivity index (χ4n) is 7.43. The summed E-state index contributed by atoms with van der Waals surface area (Å²) in [6.45, 7) is 4.26. The van der Waals surface area contributed by atoms with Crippen molar-refractivity contribution in [2.24, 2.45) is 5.73 Å². The maximum atomic E-state index is 6.73. The number of aromatic nitrogens is 1. The minimum absolute atomic E-state index is 0.736. The van der Waals surface area contributed by atoms with E-state index in [0.29, 0.717) is 0 Å². The molecule has 49 heavy (non-hydrogen) atoms. The number of nitrogens with two attached hydrogens (primary N) is 1. The summed E-state index contributed by atoms with van der Waals surface area (Å²) in [6.07, 6.45) is 11.4. The van der Waals surface area contributed by atoms with Gasteiger partial charge in [0.05, 0.1) is 5.52 Å². The molecule has 0 aliphatic carbocycles. The second-order valence-corrected chi connectivity index (χ2v) is 12.7. The minimum Gasteiger partial charge on any atom is -0.398 e. The van der Waals surface area contributed by atoms with E-state index >= 15 is 0 Å². The second-order valence-electron chi connectivity index (χ2n) is 12.7. The molecule has 0 atom stereocenters. The van der Waals surface area contributed by atoms with E-state index in [0.717, 1.165) is 23.4 Å². The molecule has 236 valence electrons. The summed E-state index contributed by atoms with van der Waals surface area (Å²) in [5.41, 5.74) is 17.1. The number of nitrogens with zero attached hydrogens (tertiary/aromatic N) is 1. The van der Waals surface area contributed by atoms with Crippen molar-refractivity contribution in [1.82, 2.24) is 4.57 Å². The van der Waals surface area contributed by atoms with Crippen LogP contribution in [0, 0.1) is 6.92 Å². The van der Waals surface area contributed by atoms with Crippen molar-refractivity contribution in [2.75, 3.05) is 0 Å². The molecule has 1 heterocycles. The molecule has 0 aliphatic heterocycles. The maximum Gasteiger partial charge on any atom is 0.0537 e. The SMILES string of the molecule is C/C=C\c1c(C)c2ccccc2n1-c1cccc(/C(N)=C/C=C\Cc2c3ccccc3c(-c3ccc4ccccc4c3)c3ccccc23)c1. The molecule has 2 nitrogen and oxygen atoms in total. The number of para-hydroxylation sites is 1. The number of hydrogen-bond donors (Lipinski definition) is 1. The van der Waals surface area contributed by atoms with E-state index in [1.807, 2.05) is 6.08 Å². The van der Waals surface area contributed by atoms with Crippen molar-refractivity contribution in [3.05, 3.63) is 186 Å². The van der Waals surface area contributed by atoms with Gasteiger partial charge >= 0.3 is 0 Å². The third-order valence-corrected chi connectivity index (χ3v) is 9.75. The zero-order valence-electron chi connectivity index (χ0n) is 27.9. The van der Waals surface area contributed by atoms with Crippen molar-refractivity contribution in [1.29, 1.82) is 0 Å². The smallest absolute Gasteiger partial charge is 0.0537 e. The zero-order chi connectivity index (χ0) is 33.3. The molecule has 0 amide bonds. The van der Waals surface area contributed by atoms with Crippen molar-refractivity contribution >= 4 is 55.0 Å². The van der Waals surface area contributed by atoms with Crippen LogP contribution in [0.1, 0.15) is 29.3 Å². The molecule has 0 saturated heterocycles. The first kappa shape index (κ1) is 30.2. The summed E-state index contributed by atoms with van der Waals surface area (Å²) >= 11 is 0. The summed E-state index contributed by atoms with van der Waals surface area (Å²) in [5, 5.41) is 8.89. The van der Waals surface area contributed by atoms with Crippen LogP contribution in [0.2, 0.25) is 0 Å². The minimum atomic E-state index is 0.736. The molecule has 2 N–H and O–H groups in total. The lowest BCUT2D eigenvalue weighted by molar-refractivity contribution is 1.09. The topological polar surface area (TPSA) is 30.9 Å². The van der Waals surface area contributed by atoms with E-state index in [2.05, 4.69) is 182 Å². The molecule has 7 aromatic carbocycles. The van der Waals surface area contributed by atoms with E-state index in [1.54, 1.807) is 0 Å². The fraction of sp³-hybridized carbons (Fsp3) is 0.0638. The average molecular weight is 631 g/mol. The van der Waals surface area contributed by atoms with E-state index in [1.165, 1.54) is 71.2 Å². The van der Waals surface area contributed by atoms with Gasteiger partial charge in [-0.2, -0.15) is 0 Å². The first-order valence-electron chi connectivity index (χ1n) is 17.0. The number of rotatable bonds is 7. The Kier molecular flexibility index (Phi) is 7.91. The molecular weight excluding hydrogens is 593 g/mol. The van der Waals surface area contributed by atoms with Gasteiger partial charge in [0.1, 0.15) is 0 Å². The van der Waals surface area contributed by atoms with Gasteiger partial charge < -0.3 is 10.3 Å². The third-order valence-electron chi connectivity index (χ3n) is 9.75. The highest BCUT2D eigenvalue weighted by molar-refractivity contribution is 6.15. The summed E-state index contributed by atoms with van der Waals surface area (Å²) in [4.78, 5) is 0. The quantitative estimate of drug-likeness (QED) is 0.138. The number of hydrogen-bond acceptors (Lipinski definition) is 1. The van der Waals surface area contributed by atoms with Crippen LogP contribution in [0.5, 0.6) is 0 Å². The van der Waals surface area contributed by atoms with Gasteiger partial charge in [0, 0.05) is 22.5 Å². The van der Waals surface area contributed by atoms with Crippen molar-refractivity contribution < 1.29 is 0 Å². The van der Waals surface area contributed by atoms with Gasteiger partial charge in [0.25, 0.3) is 0 Å². The second kappa shape index (κ2) is 12.8. The van der Waals surface area contributed by atoms with Gasteiger partial charge in [0.15, 0.2) is 0 Å². The van der Waals surface area contributed by atoms with Gasteiger partial charge in [-0.05, 0) is 117 Å². The first-order chi connectivity index (χ1) is 24.1. The van der Waals surface area contributed by atoms with Crippen molar-refractivity contribution in [3.8, 4) is 16.8 Å². The van der Waals surface area contributed by atoms with Crippen LogP contribution in [0.15, 0.2) is 164 Å². The van der Waals surface area contributed by atoms with E-state index in [4.69, 9.17) is 5.73 Å². The predicted molar refractivity (Wildman–Crippen MR) is 212 cm³/mol. The van der Waals surface area contributed by atoms with E-state index in [-0.39, 0.29) is 0 Å². The lowest BCUT2D eigenvalue weighted by Crippen LogP contribution is -2.01. The first-order valence-corrected chi connectivity index (χ1v) is 17.0. The van der Waals surface area contributed by atoms with Gasteiger partial charge in [-0.15, -0.1) is 0 Å². The Labute approximate surface area is 287 Å². The highest BCUT2D eigenvalue weighted by Crippen LogP contribution is 2.40. The van der Waals surface area contributed by atoms with Crippen molar-refractivity contribution in [3.63, 3.8) is 0 Å². The molecule has 0 aliphatic rings. The molecule has 0 radical (unpaired) electrons. The molecule has 8 rings (SSSR count). The van der Waals surface area contributed by atoms with Crippen LogP contribution in [0.25, 0.3) is 71.8 Å². The lowest BCUT2D eigenvalue weighted by atomic mass is 9.87. The molecule has 0 bridgehead atoms. The fourth-order valence-corrected chi connectivity index (χ4v) is 7.43. The maximum absolute atomic E-state index is 6.73. The highest BCUT2D eigenvalue weighted by Gasteiger charge is 2.16. The highest BCUT2D eigenvalue weighted by atomic mass is 15.0. The molecular formula is C47H38N2. The Morgan fingerprint density at radius 3 is 2.04 bits per heavy atom. The van der Waals surface area contributed by atoms with Crippen LogP contribution in [-0.2, 0) is 6.42 Å².